The van der Waals surface area contributed by atoms with Gasteiger partial charge in [0.05, 0.1) is 12.1 Å². The Morgan fingerprint density at radius 3 is 2.04 bits per heavy atom. The van der Waals surface area contributed by atoms with Crippen LogP contribution in [-0.2, 0) is 0 Å². The van der Waals surface area contributed by atoms with Crippen LogP contribution in [0.4, 0.5) is 0 Å². The van der Waals surface area contributed by atoms with Crippen molar-refractivity contribution in [3.05, 3.63) is 58.9 Å². The van der Waals surface area contributed by atoms with Gasteiger partial charge < -0.3 is 14.5 Å². The third kappa shape index (κ3) is 3.74. The highest BCUT2D eigenvalue weighted by Gasteiger charge is 2.25. The van der Waals surface area contributed by atoms with E-state index in [4.69, 9.17) is 16.3 Å². The first-order valence-corrected chi connectivity index (χ1v) is 8.30. The number of ether oxygens (including phenoxy) is 1. The molecule has 1 aromatic heterocycles. The Balaban J connectivity index is 1.63. The number of benzene rings is 1. The highest BCUT2D eigenvalue weighted by molar-refractivity contribution is 6.32. The van der Waals surface area contributed by atoms with Crippen LogP contribution in [0.15, 0.2) is 42.7 Å². The monoisotopic (exact) mass is 359 g/mol. The Hall–Kier alpha value is -2.60. The summed E-state index contributed by atoms with van der Waals surface area (Å²) < 4.78 is 5.10. The third-order valence-electron chi connectivity index (χ3n) is 4.18. The molecule has 1 aliphatic rings. The van der Waals surface area contributed by atoms with E-state index in [2.05, 4.69) is 4.98 Å². The van der Waals surface area contributed by atoms with Crippen LogP contribution in [0.1, 0.15) is 20.7 Å². The lowest BCUT2D eigenvalue weighted by Crippen LogP contribution is -2.50. The van der Waals surface area contributed by atoms with Crippen LogP contribution in [0.5, 0.6) is 5.75 Å². The van der Waals surface area contributed by atoms with E-state index in [0.717, 1.165) is 0 Å². The highest BCUT2D eigenvalue weighted by Crippen LogP contribution is 2.25. The molecule has 0 aliphatic carbocycles. The lowest BCUT2D eigenvalue weighted by molar-refractivity contribution is 0.0535. The molecule has 1 saturated heterocycles. The third-order valence-corrected chi connectivity index (χ3v) is 4.48. The van der Waals surface area contributed by atoms with E-state index in [9.17, 15) is 9.59 Å². The Labute approximate surface area is 151 Å². The Bertz CT molecular complexity index is 774. The number of hydrogen-bond donors (Lipinski definition) is 0. The molecular formula is C18H18ClN3O3. The number of hydrogen-bond acceptors (Lipinski definition) is 4. The van der Waals surface area contributed by atoms with Crippen LogP contribution in [0.3, 0.4) is 0 Å². The molecule has 6 nitrogen and oxygen atoms in total. The van der Waals surface area contributed by atoms with Gasteiger partial charge in [-0.15, -0.1) is 0 Å². The predicted octanol–water partition coefficient (Wildman–Crippen LogP) is 2.34. The molecule has 2 heterocycles. The maximum absolute atomic E-state index is 12.6. The zero-order chi connectivity index (χ0) is 17.8. The molecule has 0 N–H and O–H groups in total. The number of halogens is 1. The summed E-state index contributed by atoms with van der Waals surface area (Å²) in [5.41, 5.74) is 1.12. The lowest BCUT2D eigenvalue weighted by atomic mass is 10.1. The number of carbonyl (C=O) groups is 2. The van der Waals surface area contributed by atoms with Crippen molar-refractivity contribution in [1.82, 2.24) is 14.8 Å². The van der Waals surface area contributed by atoms with E-state index in [1.54, 1.807) is 52.5 Å². The van der Waals surface area contributed by atoms with Crippen LogP contribution in [0.25, 0.3) is 0 Å². The van der Waals surface area contributed by atoms with Gasteiger partial charge in [0.15, 0.2) is 0 Å². The van der Waals surface area contributed by atoms with Crippen LogP contribution < -0.4 is 4.74 Å². The van der Waals surface area contributed by atoms with Crippen LogP contribution in [0.2, 0.25) is 5.02 Å². The minimum Gasteiger partial charge on any atom is -0.495 e. The maximum Gasteiger partial charge on any atom is 0.254 e. The zero-order valence-corrected chi connectivity index (χ0v) is 14.6. The molecule has 0 saturated carbocycles. The van der Waals surface area contributed by atoms with Gasteiger partial charge in [-0.05, 0) is 30.3 Å². The summed E-state index contributed by atoms with van der Waals surface area (Å²) >= 11 is 6.09. The van der Waals surface area contributed by atoms with Gasteiger partial charge >= 0.3 is 0 Å². The molecule has 0 bridgehead atoms. The first kappa shape index (κ1) is 17.2. The number of amides is 2. The molecule has 1 aromatic carbocycles. The summed E-state index contributed by atoms with van der Waals surface area (Å²) in [6, 6.07) is 8.37. The van der Waals surface area contributed by atoms with Crippen molar-refractivity contribution in [3.8, 4) is 5.75 Å². The minimum absolute atomic E-state index is 0.0398. The van der Waals surface area contributed by atoms with Gasteiger partial charge in [-0.3, -0.25) is 14.6 Å². The Kier molecular flexibility index (Phi) is 5.19. The van der Waals surface area contributed by atoms with Crippen molar-refractivity contribution in [2.24, 2.45) is 0 Å². The van der Waals surface area contributed by atoms with Gasteiger partial charge in [0.1, 0.15) is 5.75 Å². The molecule has 1 aliphatic heterocycles. The summed E-state index contributed by atoms with van der Waals surface area (Å²) in [6.45, 7) is 1.96. The quantitative estimate of drug-likeness (QED) is 0.843. The number of nitrogens with zero attached hydrogens (tertiary/aromatic N) is 3. The topological polar surface area (TPSA) is 62.7 Å². The molecule has 25 heavy (non-hydrogen) atoms. The van der Waals surface area contributed by atoms with E-state index in [1.165, 1.54) is 7.11 Å². The smallest absolute Gasteiger partial charge is 0.254 e. The number of rotatable bonds is 3. The Morgan fingerprint density at radius 1 is 0.960 bits per heavy atom. The number of piperazine rings is 1. The van der Waals surface area contributed by atoms with Gasteiger partial charge in [0.2, 0.25) is 0 Å². The normalized spacial score (nSPS) is 14.3. The molecule has 0 unspecified atom stereocenters. The van der Waals surface area contributed by atoms with E-state index in [1.807, 2.05) is 0 Å². The average molecular weight is 360 g/mol. The van der Waals surface area contributed by atoms with Gasteiger partial charge in [-0.25, -0.2) is 0 Å². The fourth-order valence-electron chi connectivity index (χ4n) is 2.77. The summed E-state index contributed by atoms with van der Waals surface area (Å²) in [7, 11) is 1.53. The second-order valence-corrected chi connectivity index (χ2v) is 6.08. The first-order chi connectivity index (χ1) is 12.1. The summed E-state index contributed by atoms with van der Waals surface area (Å²) in [5, 5.41) is 0.403. The summed E-state index contributed by atoms with van der Waals surface area (Å²) in [4.78, 5) is 32.4. The van der Waals surface area contributed by atoms with Gasteiger partial charge in [-0.1, -0.05) is 11.6 Å². The average Bonchev–Trinajstić information content (AvgIpc) is 2.67. The van der Waals surface area contributed by atoms with Crippen LogP contribution in [-0.4, -0.2) is 59.9 Å². The molecule has 2 aromatic rings. The predicted molar refractivity (Wildman–Crippen MR) is 94.0 cm³/mol. The molecule has 0 spiro atoms. The van der Waals surface area contributed by atoms with E-state index < -0.39 is 0 Å². The van der Waals surface area contributed by atoms with Crippen molar-refractivity contribution in [2.75, 3.05) is 33.3 Å². The summed E-state index contributed by atoms with van der Waals surface area (Å²) in [6.07, 6.45) is 3.20. The molecular weight excluding hydrogens is 342 g/mol. The van der Waals surface area contributed by atoms with Crippen LogP contribution in [0, 0.1) is 0 Å². The molecule has 0 atom stereocenters. The maximum atomic E-state index is 12.6. The van der Waals surface area contributed by atoms with Gasteiger partial charge in [0, 0.05) is 49.7 Å². The molecule has 2 amide bonds. The highest BCUT2D eigenvalue weighted by atomic mass is 35.5. The fraction of sp³-hybridized carbons (Fsp3) is 0.278. The summed E-state index contributed by atoms with van der Waals surface area (Å²) in [5.74, 6) is 0.397. The Morgan fingerprint density at radius 2 is 1.52 bits per heavy atom. The van der Waals surface area contributed by atoms with Crippen molar-refractivity contribution in [3.63, 3.8) is 0 Å². The molecule has 3 rings (SSSR count). The minimum atomic E-state index is -0.0967. The number of carbonyl (C=O) groups excluding carboxylic acids is 2. The second kappa shape index (κ2) is 7.53. The first-order valence-electron chi connectivity index (χ1n) is 7.92. The van der Waals surface area contributed by atoms with Crippen LogP contribution >= 0.6 is 11.6 Å². The SMILES string of the molecule is COc1ccc(C(=O)N2CCN(C(=O)c3ccncc3)CC2)cc1Cl. The number of methoxy groups -OCH3 is 1. The van der Waals surface area contributed by atoms with Crippen molar-refractivity contribution >= 4 is 23.4 Å². The number of aromatic nitrogens is 1. The lowest BCUT2D eigenvalue weighted by Gasteiger charge is -2.34. The number of pyridine rings is 1. The van der Waals surface area contributed by atoms with Crippen molar-refractivity contribution < 1.29 is 14.3 Å². The van der Waals surface area contributed by atoms with Gasteiger partial charge in [0.25, 0.3) is 11.8 Å². The standard InChI is InChI=1S/C18H18ClN3O3/c1-25-16-3-2-14(12-15(16)19)18(24)22-10-8-21(9-11-22)17(23)13-4-6-20-7-5-13/h2-7,12H,8-11H2,1H3. The largest absolute Gasteiger partial charge is 0.495 e. The van der Waals surface area contributed by atoms with Gasteiger partial charge in [-0.2, -0.15) is 0 Å². The van der Waals surface area contributed by atoms with E-state index >= 15 is 0 Å². The second-order valence-electron chi connectivity index (χ2n) is 5.67. The molecule has 130 valence electrons. The molecule has 1 fully saturated rings. The zero-order valence-electron chi connectivity index (χ0n) is 13.8. The fourth-order valence-corrected chi connectivity index (χ4v) is 3.03. The molecule has 0 radical (unpaired) electrons. The van der Waals surface area contributed by atoms with Crippen molar-refractivity contribution in [2.45, 2.75) is 0 Å². The van der Waals surface area contributed by atoms with E-state index in [-0.39, 0.29) is 11.8 Å². The van der Waals surface area contributed by atoms with E-state index in [0.29, 0.717) is 48.1 Å². The molecule has 7 heteroatoms. The van der Waals surface area contributed by atoms with Crippen molar-refractivity contribution in [1.29, 1.82) is 0 Å².